The summed E-state index contributed by atoms with van der Waals surface area (Å²) in [7, 11) is 2.09. The highest BCUT2D eigenvalue weighted by Crippen LogP contribution is 2.46. The molecule has 4 heteroatoms. The number of fused-ring (bicyclic) bond motifs is 1. The largest absolute Gasteiger partial charge is 0.346 e. The summed E-state index contributed by atoms with van der Waals surface area (Å²) in [5.74, 6) is 0. The Labute approximate surface area is 170 Å². The number of para-hydroxylation sites is 1. The molecule has 0 N–H and O–H groups in total. The highest BCUT2D eigenvalue weighted by atomic mass is 32.2. The number of anilines is 1. The Kier molecular flexibility index (Phi) is 5.05. The molecule has 3 nitrogen and oxygen atoms in total. The molecule has 140 valence electrons. The molecule has 0 unspecified atom stereocenters. The smallest absolute Gasteiger partial charge is 0.0996 e. The van der Waals surface area contributed by atoms with Crippen molar-refractivity contribution < 1.29 is 0 Å². The Balaban J connectivity index is 1.61. The van der Waals surface area contributed by atoms with Crippen molar-refractivity contribution in [3.05, 3.63) is 96.3 Å². The van der Waals surface area contributed by atoms with Gasteiger partial charge in [0, 0.05) is 33.6 Å². The molecule has 0 fully saturated rings. The van der Waals surface area contributed by atoms with Crippen LogP contribution < -0.4 is 4.90 Å². The maximum absolute atomic E-state index is 4.53. The molecule has 0 atom stereocenters. The monoisotopic (exact) mass is 385 g/mol. The fraction of sp³-hybridized carbons (Fsp3) is 0.167. The van der Waals surface area contributed by atoms with Gasteiger partial charge in [-0.05, 0) is 35.9 Å². The lowest BCUT2D eigenvalue weighted by molar-refractivity contribution is 0.637. The molecule has 1 heterocycles. The van der Waals surface area contributed by atoms with Crippen LogP contribution in [-0.2, 0) is 5.41 Å². The summed E-state index contributed by atoms with van der Waals surface area (Å²) in [5, 5.41) is 8.99. The van der Waals surface area contributed by atoms with Crippen LogP contribution in [0.1, 0.15) is 19.4 Å². The van der Waals surface area contributed by atoms with Gasteiger partial charge in [-0.15, -0.1) is 5.11 Å². The third kappa shape index (κ3) is 3.48. The minimum absolute atomic E-state index is 0.0946. The van der Waals surface area contributed by atoms with Crippen LogP contribution in [0.15, 0.2) is 111 Å². The van der Waals surface area contributed by atoms with Crippen LogP contribution in [0, 0.1) is 0 Å². The summed E-state index contributed by atoms with van der Waals surface area (Å²) in [5.41, 5.74) is 4.48. The molecule has 0 aromatic heterocycles. The maximum atomic E-state index is 4.53. The molecule has 0 saturated heterocycles. The molecule has 0 saturated carbocycles. The molecule has 1 aliphatic rings. The molecule has 0 amide bonds. The summed E-state index contributed by atoms with van der Waals surface area (Å²) in [6.45, 7) is 4.46. The number of azo groups is 1. The van der Waals surface area contributed by atoms with Crippen molar-refractivity contribution in [3.8, 4) is 0 Å². The molecule has 4 rings (SSSR count). The first kappa shape index (κ1) is 18.5. The fourth-order valence-electron chi connectivity index (χ4n) is 3.62. The van der Waals surface area contributed by atoms with Crippen LogP contribution in [0.3, 0.4) is 0 Å². The number of benzene rings is 3. The summed E-state index contributed by atoms with van der Waals surface area (Å²) < 4.78 is 0. The maximum Gasteiger partial charge on any atom is 0.0996 e. The van der Waals surface area contributed by atoms with Gasteiger partial charge in [0.25, 0.3) is 0 Å². The number of allylic oxidation sites excluding steroid dienone is 1. The Bertz CT molecular complexity index is 1040. The quantitative estimate of drug-likeness (QED) is 0.445. The van der Waals surface area contributed by atoms with Crippen LogP contribution in [0.4, 0.5) is 11.4 Å². The fourth-order valence-corrected chi connectivity index (χ4v) is 4.52. The van der Waals surface area contributed by atoms with Crippen molar-refractivity contribution in [1.29, 1.82) is 0 Å². The molecule has 0 radical (unpaired) electrons. The summed E-state index contributed by atoms with van der Waals surface area (Å²) >= 11 is 1.70. The van der Waals surface area contributed by atoms with Crippen molar-refractivity contribution in [2.24, 2.45) is 10.2 Å². The summed E-state index contributed by atoms with van der Waals surface area (Å²) in [6.07, 6.45) is 1.89. The van der Waals surface area contributed by atoms with Gasteiger partial charge in [-0.2, -0.15) is 5.11 Å². The second-order valence-electron chi connectivity index (χ2n) is 7.31. The van der Waals surface area contributed by atoms with Gasteiger partial charge in [0.2, 0.25) is 0 Å². The third-order valence-corrected chi connectivity index (χ3v) is 6.20. The minimum Gasteiger partial charge on any atom is -0.346 e. The van der Waals surface area contributed by atoms with E-state index < -0.39 is 0 Å². The van der Waals surface area contributed by atoms with Crippen molar-refractivity contribution in [3.63, 3.8) is 0 Å². The van der Waals surface area contributed by atoms with E-state index in [0.717, 1.165) is 16.3 Å². The Hall–Kier alpha value is -2.85. The number of rotatable bonds is 4. The van der Waals surface area contributed by atoms with Gasteiger partial charge in [0.05, 0.1) is 11.9 Å². The molecular weight excluding hydrogens is 362 g/mol. The SMILES string of the molecule is CN1/C(=C/N=Nc2ccccc2Sc2ccccc2)C(C)(C)c2ccccc21. The summed E-state index contributed by atoms with van der Waals surface area (Å²) in [4.78, 5) is 4.49. The van der Waals surface area contributed by atoms with Crippen molar-refractivity contribution in [2.45, 2.75) is 29.1 Å². The first-order valence-corrected chi connectivity index (χ1v) is 10.2. The Morgan fingerprint density at radius 3 is 2.32 bits per heavy atom. The molecule has 3 aromatic rings. The molecule has 0 aliphatic carbocycles. The van der Waals surface area contributed by atoms with Crippen LogP contribution in [-0.4, -0.2) is 7.05 Å². The average molecular weight is 386 g/mol. The zero-order valence-electron chi connectivity index (χ0n) is 16.3. The van der Waals surface area contributed by atoms with Gasteiger partial charge in [-0.3, -0.25) is 0 Å². The Morgan fingerprint density at radius 2 is 1.54 bits per heavy atom. The van der Waals surface area contributed by atoms with Gasteiger partial charge in [-0.1, -0.05) is 74.1 Å². The molecule has 1 aliphatic heterocycles. The van der Waals surface area contributed by atoms with Crippen LogP contribution in [0.25, 0.3) is 0 Å². The lowest BCUT2D eigenvalue weighted by Gasteiger charge is -2.22. The molecule has 28 heavy (non-hydrogen) atoms. The normalized spacial score (nSPS) is 16.7. The topological polar surface area (TPSA) is 28.0 Å². The second-order valence-corrected chi connectivity index (χ2v) is 8.43. The standard InChI is InChI=1S/C24H23N3S/c1-24(2)19-13-7-9-15-21(19)27(3)23(24)17-25-26-20-14-8-10-16-22(20)28-18-11-5-4-6-12-18/h4-17H,1-3H3/b23-17+,26-25?. The van der Waals surface area contributed by atoms with E-state index >= 15 is 0 Å². The van der Waals surface area contributed by atoms with Crippen molar-refractivity contribution in [1.82, 2.24) is 0 Å². The van der Waals surface area contributed by atoms with E-state index in [0.29, 0.717) is 0 Å². The van der Waals surface area contributed by atoms with Crippen molar-refractivity contribution >= 4 is 23.1 Å². The van der Waals surface area contributed by atoms with Crippen LogP contribution in [0.5, 0.6) is 0 Å². The lowest BCUT2D eigenvalue weighted by atomic mass is 9.84. The second kappa shape index (κ2) is 7.64. The predicted molar refractivity (Wildman–Crippen MR) is 117 cm³/mol. The molecule has 0 spiro atoms. The van der Waals surface area contributed by atoms with Crippen molar-refractivity contribution in [2.75, 3.05) is 11.9 Å². The lowest BCUT2D eigenvalue weighted by Crippen LogP contribution is -2.22. The van der Waals surface area contributed by atoms with E-state index in [9.17, 15) is 0 Å². The van der Waals surface area contributed by atoms with E-state index in [-0.39, 0.29) is 5.41 Å². The number of hydrogen-bond donors (Lipinski definition) is 0. The van der Waals surface area contributed by atoms with Gasteiger partial charge in [-0.25, -0.2) is 0 Å². The number of likely N-dealkylation sites (N-methyl/N-ethyl adjacent to an activating group) is 1. The van der Waals surface area contributed by atoms with Crippen LogP contribution in [0.2, 0.25) is 0 Å². The van der Waals surface area contributed by atoms with Gasteiger partial charge in [0.1, 0.15) is 0 Å². The zero-order valence-corrected chi connectivity index (χ0v) is 17.1. The van der Waals surface area contributed by atoms with E-state index in [2.05, 4.69) is 78.5 Å². The first-order valence-electron chi connectivity index (χ1n) is 9.34. The molecule has 0 bridgehead atoms. The van der Waals surface area contributed by atoms with Gasteiger partial charge in [0.15, 0.2) is 0 Å². The van der Waals surface area contributed by atoms with Gasteiger partial charge < -0.3 is 4.90 Å². The Morgan fingerprint density at radius 1 is 0.857 bits per heavy atom. The summed E-state index contributed by atoms with van der Waals surface area (Å²) in [6, 6.07) is 27.0. The van der Waals surface area contributed by atoms with Gasteiger partial charge >= 0.3 is 0 Å². The zero-order chi connectivity index (χ0) is 19.6. The average Bonchev–Trinajstić information content (AvgIpc) is 2.91. The highest BCUT2D eigenvalue weighted by molar-refractivity contribution is 7.99. The first-order chi connectivity index (χ1) is 13.6. The van der Waals surface area contributed by atoms with E-state index in [1.165, 1.54) is 16.1 Å². The van der Waals surface area contributed by atoms with E-state index in [1.807, 2.05) is 42.6 Å². The molecule has 3 aromatic carbocycles. The minimum atomic E-state index is -0.0946. The number of hydrogen-bond acceptors (Lipinski definition) is 4. The van der Waals surface area contributed by atoms with E-state index in [1.54, 1.807) is 11.8 Å². The highest BCUT2D eigenvalue weighted by Gasteiger charge is 2.38. The van der Waals surface area contributed by atoms with Crippen LogP contribution >= 0.6 is 11.8 Å². The third-order valence-electron chi connectivity index (χ3n) is 5.12. The predicted octanol–water partition coefficient (Wildman–Crippen LogP) is 7.19. The molecular formula is C24H23N3S. The number of nitrogens with zero attached hydrogens (tertiary/aromatic N) is 3. The van der Waals surface area contributed by atoms with E-state index in [4.69, 9.17) is 0 Å².